The Morgan fingerprint density at radius 1 is 1.17 bits per heavy atom. The van der Waals surface area contributed by atoms with Crippen LogP contribution in [0.5, 0.6) is 0 Å². The summed E-state index contributed by atoms with van der Waals surface area (Å²) in [4.78, 5) is 1.17. The van der Waals surface area contributed by atoms with Gasteiger partial charge in [-0.1, -0.05) is 41.4 Å². The molecule has 1 nitrogen and oxygen atoms in total. The van der Waals surface area contributed by atoms with Crippen LogP contribution in [0.25, 0.3) is 0 Å². The van der Waals surface area contributed by atoms with Gasteiger partial charge in [0.25, 0.3) is 0 Å². The van der Waals surface area contributed by atoms with Gasteiger partial charge < -0.3 is 5.11 Å². The lowest BCUT2D eigenvalue weighted by molar-refractivity contribution is 0.204. The fourth-order valence-corrected chi connectivity index (χ4v) is 2.69. The Kier molecular flexibility index (Phi) is 4.70. The number of aryl methyl sites for hydroxylation is 1. The minimum atomic E-state index is -0.491. The maximum absolute atomic E-state index is 10.1. The number of halogens is 1. The van der Waals surface area contributed by atoms with Gasteiger partial charge in [-0.15, -0.1) is 11.8 Å². The first-order chi connectivity index (χ1) is 8.65. The predicted molar refractivity (Wildman–Crippen MR) is 78.3 cm³/mol. The Balaban J connectivity index is 1.96. The minimum absolute atomic E-state index is 0.491. The van der Waals surface area contributed by atoms with Crippen molar-refractivity contribution in [3.63, 3.8) is 0 Å². The molecule has 18 heavy (non-hydrogen) atoms. The van der Waals surface area contributed by atoms with Gasteiger partial charge in [-0.25, -0.2) is 0 Å². The van der Waals surface area contributed by atoms with Gasteiger partial charge in [0.15, 0.2) is 0 Å². The number of rotatable bonds is 4. The van der Waals surface area contributed by atoms with Crippen molar-refractivity contribution in [3.8, 4) is 0 Å². The molecule has 0 heterocycles. The smallest absolute Gasteiger partial charge is 0.0884 e. The van der Waals surface area contributed by atoms with Crippen LogP contribution in [0.4, 0.5) is 0 Å². The molecule has 0 aliphatic carbocycles. The summed E-state index contributed by atoms with van der Waals surface area (Å²) < 4.78 is 0. The van der Waals surface area contributed by atoms with Crippen LogP contribution in [-0.4, -0.2) is 10.9 Å². The summed E-state index contributed by atoms with van der Waals surface area (Å²) in [6.45, 7) is 2.06. The number of hydrogen-bond donors (Lipinski definition) is 1. The van der Waals surface area contributed by atoms with Crippen molar-refractivity contribution in [2.24, 2.45) is 0 Å². The number of benzene rings is 2. The number of thioether (sulfide) groups is 1. The van der Waals surface area contributed by atoms with Gasteiger partial charge in [-0.3, -0.25) is 0 Å². The maximum Gasteiger partial charge on any atom is 0.0884 e. The third kappa shape index (κ3) is 3.77. The molecule has 0 aromatic heterocycles. The van der Waals surface area contributed by atoms with Gasteiger partial charge >= 0.3 is 0 Å². The summed E-state index contributed by atoms with van der Waals surface area (Å²) in [6, 6.07) is 15.7. The van der Waals surface area contributed by atoms with Gasteiger partial charge in [0, 0.05) is 15.7 Å². The monoisotopic (exact) mass is 278 g/mol. The zero-order valence-electron chi connectivity index (χ0n) is 10.1. The van der Waals surface area contributed by atoms with E-state index in [-0.39, 0.29) is 0 Å². The molecule has 0 fully saturated rings. The van der Waals surface area contributed by atoms with Crippen molar-refractivity contribution < 1.29 is 5.11 Å². The van der Waals surface area contributed by atoms with E-state index in [1.54, 1.807) is 11.8 Å². The standard InChI is InChI=1S/C15H15ClOS/c1-11-5-7-14(8-6-11)18-10-15(17)12-3-2-4-13(16)9-12/h2-9,15,17H,10H2,1H3. The van der Waals surface area contributed by atoms with Crippen molar-refractivity contribution in [1.82, 2.24) is 0 Å². The first-order valence-corrected chi connectivity index (χ1v) is 7.14. The predicted octanol–water partition coefficient (Wildman–Crippen LogP) is 4.47. The molecule has 0 bridgehead atoms. The summed E-state index contributed by atoms with van der Waals surface area (Å²) in [7, 11) is 0. The molecule has 1 atom stereocenters. The fourth-order valence-electron chi connectivity index (χ4n) is 1.62. The normalized spacial score (nSPS) is 12.4. The number of aliphatic hydroxyl groups excluding tert-OH is 1. The molecule has 2 aromatic carbocycles. The van der Waals surface area contributed by atoms with Crippen molar-refractivity contribution in [2.45, 2.75) is 17.9 Å². The van der Waals surface area contributed by atoms with Gasteiger partial charge in [0.2, 0.25) is 0 Å². The summed E-state index contributed by atoms with van der Waals surface area (Å²) in [5.41, 5.74) is 2.11. The van der Waals surface area contributed by atoms with Gasteiger partial charge in [-0.2, -0.15) is 0 Å². The molecule has 0 aliphatic heterocycles. The van der Waals surface area contributed by atoms with Crippen molar-refractivity contribution in [3.05, 3.63) is 64.7 Å². The fraction of sp³-hybridized carbons (Fsp3) is 0.200. The SMILES string of the molecule is Cc1ccc(SCC(O)c2cccc(Cl)c2)cc1. The first-order valence-electron chi connectivity index (χ1n) is 5.78. The van der Waals surface area contributed by atoms with E-state index in [0.29, 0.717) is 10.8 Å². The van der Waals surface area contributed by atoms with E-state index in [0.717, 1.165) is 5.56 Å². The molecule has 3 heteroatoms. The molecule has 1 unspecified atom stereocenters. The highest BCUT2D eigenvalue weighted by molar-refractivity contribution is 7.99. The van der Waals surface area contributed by atoms with Crippen LogP contribution in [-0.2, 0) is 0 Å². The van der Waals surface area contributed by atoms with Crippen molar-refractivity contribution in [2.75, 3.05) is 5.75 Å². The summed E-state index contributed by atoms with van der Waals surface area (Å²) in [5.74, 6) is 0.628. The van der Waals surface area contributed by atoms with E-state index in [4.69, 9.17) is 11.6 Å². The van der Waals surface area contributed by atoms with Crippen LogP contribution < -0.4 is 0 Å². The van der Waals surface area contributed by atoms with E-state index in [9.17, 15) is 5.11 Å². The number of hydrogen-bond acceptors (Lipinski definition) is 2. The van der Waals surface area contributed by atoms with Gasteiger partial charge in [-0.05, 0) is 36.8 Å². The second kappa shape index (κ2) is 6.28. The lowest BCUT2D eigenvalue weighted by atomic mass is 10.1. The molecule has 2 aromatic rings. The third-order valence-electron chi connectivity index (χ3n) is 2.66. The molecular weight excluding hydrogens is 264 g/mol. The zero-order valence-corrected chi connectivity index (χ0v) is 11.7. The molecule has 1 N–H and O–H groups in total. The lowest BCUT2D eigenvalue weighted by Crippen LogP contribution is -2.00. The average Bonchev–Trinajstić information content (AvgIpc) is 2.38. The van der Waals surface area contributed by atoms with E-state index in [2.05, 4.69) is 31.2 Å². The van der Waals surface area contributed by atoms with E-state index >= 15 is 0 Å². The lowest BCUT2D eigenvalue weighted by Gasteiger charge is -2.11. The molecule has 94 valence electrons. The Labute approximate surface area is 117 Å². The van der Waals surface area contributed by atoms with Crippen LogP contribution in [0.15, 0.2) is 53.4 Å². The minimum Gasteiger partial charge on any atom is -0.388 e. The number of aliphatic hydroxyl groups is 1. The van der Waals surface area contributed by atoms with E-state index < -0.39 is 6.10 Å². The highest BCUT2D eigenvalue weighted by Gasteiger charge is 2.08. The summed E-state index contributed by atoms with van der Waals surface area (Å²) >= 11 is 7.55. The first kappa shape index (κ1) is 13.5. The Bertz CT molecular complexity index is 510. The van der Waals surface area contributed by atoms with Gasteiger partial charge in [0.1, 0.15) is 0 Å². The van der Waals surface area contributed by atoms with Crippen LogP contribution in [0.1, 0.15) is 17.2 Å². The molecule has 0 spiro atoms. The molecule has 0 aliphatic rings. The van der Waals surface area contributed by atoms with E-state index in [1.165, 1.54) is 10.5 Å². The summed E-state index contributed by atoms with van der Waals surface area (Å²) in [6.07, 6.45) is -0.491. The second-order valence-electron chi connectivity index (χ2n) is 4.19. The van der Waals surface area contributed by atoms with E-state index in [1.807, 2.05) is 24.3 Å². The third-order valence-corrected chi connectivity index (χ3v) is 3.99. The van der Waals surface area contributed by atoms with Crippen LogP contribution in [0.3, 0.4) is 0 Å². The van der Waals surface area contributed by atoms with Gasteiger partial charge in [0.05, 0.1) is 6.10 Å². The Morgan fingerprint density at radius 3 is 2.56 bits per heavy atom. The second-order valence-corrected chi connectivity index (χ2v) is 5.72. The van der Waals surface area contributed by atoms with Crippen molar-refractivity contribution in [1.29, 1.82) is 0 Å². The highest BCUT2D eigenvalue weighted by atomic mass is 35.5. The van der Waals surface area contributed by atoms with Crippen LogP contribution in [0.2, 0.25) is 5.02 Å². The quantitative estimate of drug-likeness (QED) is 0.833. The molecule has 0 amide bonds. The van der Waals surface area contributed by atoms with Crippen LogP contribution in [0, 0.1) is 6.92 Å². The molecular formula is C15H15ClOS. The zero-order chi connectivity index (χ0) is 13.0. The maximum atomic E-state index is 10.1. The highest BCUT2D eigenvalue weighted by Crippen LogP contribution is 2.26. The Morgan fingerprint density at radius 2 is 1.89 bits per heavy atom. The molecule has 0 saturated heterocycles. The molecule has 0 saturated carbocycles. The topological polar surface area (TPSA) is 20.2 Å². The molecule has 2 rings (SSSR count). The van der Waals surface area contributed by atoms with Crippen LogP contribution >= 0.6 is 23.4 Å². The average molecular weight is 279 g/mol. The van der Waals surface area contributed by atoms with Crippen molar-refractivity contribution >= 4 is 23.4 Å². The Hall–Kier alpha value is -0.960. The summed E-state index contributed by atoms with van der Waals surface area (Å²) in [5, 5.41) is 10.7. The molecule has 0 radical (unpaired) electrons. The largest absolute Gasteiger partial charge is 0.388 e.